The average Bonchev–Trinajstić information content (AvgIpc) is 2.16. The summed E-state index contributed by atoms with van der Waals surface area (Å²) in [6.07, 6.45) is 1.98. The van der Waals surface area contributed by atoms with Gasteiger partial charge in [0.2, 0.25) is 0 Å². The Labute approximate surface area is 88.9 Å². The highest BCUT2D eigenvalue weighted by Crippen LogP contribution is 2.14. The van der Waals surface area contributed by atoms with Crippen molar-refractivity contribution in [3.8, 4) is 5.75 Å². The monoisotopic (exact) mass is 209 g/mol. The van der Waals surface area contributed by atoms with Gasteiger partial charge in [-0.25, -0.2) is 0 Å². The van der Waals surface area contributed by atoms with Crippen molar-refractivity contribution in [3.63, 3.8) is 0 Å². The Hall–Kier alpha value is -1.42. The van der Waals surface area contributed by atoms with Crippen LogP contribution in [0.3, 0.4) is 0 Å². The fourth-order valence-electron chi connectivity index (χ4n) is 1.13. The highest BCUT2D eigenvalue weighted by molar-refractivity contribution is 5.99. The van der Waals surface area contributed by atoms with Gasteiger partial charge in [-0.15, -0.1) is 0 Å². The van der Waals surface area contributed by atoms with E-state index in [2.05, 4.69) is 4.98 Å². The number of aliphatic hydroxyl groups excluding tert-OH is 1. The van der Waals surface area contributed by atoms with Gasteiger partial charge in [0, 0.05) is 11.8 Å². The van der Waals surface area contributed by atoms with Crippen molar-refractivity contribution >= 4 is 5.78 Å². The smallest absolute Gasteiger partial charge is 0.192 e. The lowest BCUT2D eigenvalue weighted by Crippen LogP contribution is -2.16. The van der Waals surface area contributed by atoms with Crippen LogP contribution in [-0.4, -0.2) is 28.1 Å². The third kappa shape index (κ3) is 3.32. The summed E-state index contributed by atoms with van der Waals surface area (Å²) in [6.45, 7) is 5.21. The molecule has 1 N–H and O–H groups in total. The fraction of sp³-hybridized carbons (Fsp3) is 0.455. The van der Waals surface area contributed by atoms with Gasteiger partial charge in [-0.05, 0) is 26.8 Å². The van der Waals surface area contributed by atoms with Crippen LogP contribution in [0, 0.1) is 0 Å². The molecule has 0 aromatic carbocycles. The maximum Gasteiger partial charge on any atom is 0.192 e. The zero-order valence-electron chi connectivity index (χ0n) is 9.10. The molecule has 15 heavy (non-hydrogen) atoms. The lowest BCUT2D eigenvalue weighted by atomic mass is 10.1. The largest absolute Gasteiger partial charge is 0.489 e. The molecule has 0 aliphatic heterocycles. The minimum Gasteiger partial charge on any atom is -0.489 e. The Morgan fingerprint density at radius 3 is 2.60 bits per heavy atom. The van der Waals surface area contributed by atoms with Crippen LogP contribution in [0.5, 0.6) is 5.75 Å². The van der Waals surface area contributed by atoms with Gasteiger partial charge in [0.15, 0.2) is 5.78 Å². The van der Waals surface area contributed by atoms with Gasteiger partial charge in [0.1, 0.15) is 11.9 Å². The third-order valence-corrected chi connectivity index (χ3v) is 1.75. The summed E-state index contributed by atoms with van der Waals surface area (Å²) in [6, 6.07) is 1.59. The van der Waals surface area contributed by atoms with Crippen LogP contribution in [0.15, 0.2) is 18.5 Å². The first kappa shape index (κ1) is 11.7. The number of aromatic nitrogens is 1. The molecule has 1 rings (SSSR count). The van der Waals surface area contributed by atoms with Gasteiger partial charge in [-0.1, -0.05) is 0 Å². The van der Waals surface area contributed by atoms with Crippen LogP contribution in [0.1, 0.15) is 31.1 Å². The molecule has 1 atom stereocenters. The predicted octanol–water partition coefficient (Wildman–Crippen LogP) is 1.43. The van der Waals surface area contributed by atoms with E-state index in [-0.39, 0.29) is 11.9 Å². The molecular weight excluding hydrogens is 194 g/mol. The molecule has 1 heterocycles. The second-order valence-electron chi connectivity index (χ2n) is 3.62. The van der Waals surface area contributed by atoms with E-state index in [1.54, 1.807) is 12.3 Å². The zero-order valence-corrected chi connectivity index (χ0v) is 9.10. The average molecular weight is 209 g/mol. The van der Waals surface area contributed by atoms with E-state index in [0.717, 1.165) is 0 Å². The first-order chi connectivity index (χ1) is 7.00. The molecule has 0 aliphatic rings. The zero-order chi connectivity index (χ0) is 11.4. The predicted molar refractivity (Wildman–Crippen MR) is 56.0 cm³/mol. The number of ketones is 1. The first-order valence-electron chi connectivity index (χ1n) is 4.84. The van der Waals surface area contributed by atoms with Crippen LogP contribution in [0.4, 0.5) is 0 Å². The second kappa shape index (κ2) is 4.89. The molecule has 0 saturated heterocycles. The topological polar surface area (TPSA) is 59.4 Å². The molecular formula is C11H15NO3. The minimum atomic E-state index is -1.01. The van der Waals surface area contributed by atoms with Gasteiger partial charge in [-0.2, -0.15) is 0 Å². The number of Topliss-reactive ketones (excluding diaryl/α,β-unsaturated/α-hetero) is 1. The minimum absolute atomic E-state index is 0.0312. The van der Waals surface area contributed by atoms with E-state index in [0.29, 0.717) is 11.3 Å². The maximum absolute atomic E-state index is 11.4. The van der Waals surface area contributed by atoms with Crippen molar-refractivity contribution in [1.82, 2.24) is 4.98 Å². The summed E-state index contributed by atoms with van der Waals surface area (Å²) in [5.41, 5.74) is 0.364. The SMILES string of the molecule is CC(C)Oc1cncc(C(=O)C(C)O)c1. The normalized spacial score (nSPS) is 12.6. The summed E-state index contributed by atoms with van der Waals surface area (Å²) in [5.74, 6) is 0.188. The number of hydrogen-bond acceptors (Lipinski definition) is 4. The van der Waals surface area contributed by atoms with Gasteiger partial charge in [0.25, 0.3) is 0 Å². The summed E-state index contributed by atoms with van der Waals surface area (Å²) in [5, 5.41) is 9.13. The molecule has 1 aromatic heterocycles. The number of carbonyl (C=O) groups excluding carboxylic acids is 1. The first-order valence-corrected chi connectivity index (χ1v) is 4.84. The molecule has 1 unspecified atom stereocenters. The Kier molecular flexibility index (Phi) is 3.80. The lowest BCUT2D eigenvalue weighted by Gasteiger charge is -2.10. The van der Waals surface area contributed by atoms with E-state index in [4.69, 9.17) is 9.84 Å². The fourth-order valence-corrected chi connectivity index (χ4v) is 1.13. The van der Waals surface area contributed by atoms with Gasteiger partial charge < -0.3 is 9.84 Å². The molecule has 0 saturated carbocycles. The quantitative estimate of drug-likeness (QED) is 0.762. The van der Waals surface area contributed by atoms with Crippen molar-refractivity contribution < 1.29 is 14.6 Å². The summed E-state index contributed by atoms with van der Waals surface area (Å²) >= 11 is 0. The molecule has 0 amide bonds. The highest BCUT2D eigenvalue weighted by Gasteiger charge is 2.13. The standard InChI is InChI=1S/C11H15NO3/c1-7(2)15-10-4-9(5-12-6-10)11(14)8(3)13/h4-8,13H,1-3H3. The summed E-state index contributed by atoms with van der Waals surface area (Å²) in [7, 11) is 0. The number of ether oxygens (including phenoxy) is 1. The number of rotatable bonds is 4. The van der Waals surface area contributed by atoms with Gasteiger partial charge in [-0.3, -0.25) is 9.78 Å². The molecule has 4 heteroatoms. The summed E-state index contributed by atoms with van der Waals surface area (Å²) < 4.78 is 5.39. The van der Waals surface area contributed by atoms with Crippen LogP contribution >= 0.6 is 0 Å². The number of carbonyl (C=O) groups is 1. The molecule has 0 fully saturated rings. The number of aliphatic hydroxyl groups is 1. The Balaban J connectivity index is 2.87. The Morgan fingerprint density at radius 2 is 2.07 bits per heavy atom. The van der Waals surface area contributed by atoms with Crippen molar-refractivity contribution in [2.45, 2.75) is 33.0 Å². The van der Waals surface area contributed by atoms with Crippen molar-refractivity contribution in [1.29, 1.82) is 0 Å². The Morgan fingerprint density at radius 1 is 1.40 bits per heavy atom. The molecule has 1 aromatic rings. The van der Waals surface area contributed by atoms with Crippen LogP contribution in [-0.2, 0) is 0 Å². The van der Waals surface area contributed by atoms with E-state index >= 15 is 0 Å². The number of nitrogens with zero attached hydrogens (tertiary/aromatic N) is 1. The van der Waals surface area contributed by atoms with Crippen LogP contribution < -0.4 is 4.74 Å². The van der Waals surface area contributed by atoms with E-state index in [1.807, 2.05) is 13.8 Å². The van der Waals surface area contributed by atoms with E-state index in [1.165, 1.54) is 13.1 Å². The van der Waals surface area contributed by atoms with Crippen LogP contribution in [0.2, 0.25) is 0 Å². The van der Waals surface area contributed by atoms with Crippen LogP contribution in [0.25, 0.3) is 0 Å². The Bertz CT molecular complexity index is 347. The lowest BCUT2D eigenvalue weighted by molar-refractivity contribution is 0.0778. The number of hydrogen-bond donors (Lipinski definition) is 1. The molecule has 0 bridgehead atoms. The van der Waals surface area contributed by atoms with E-state index in [9.17, 15) is 4.79 Å². The molecule has 0 spiro atoms. The summed E-state index contributed by atoms with van der Waals surface area (Å²) in [4.78, 5) is 15.3. The number of pyridine rings is 1. The van der Waals surface area contributed by atoms with Gasteiger partial charge >= 0.3 is 0 Å². The van der Waals surface area contributed by atoms with Crippen molar-refractivity contribution in [2.24, 2.45) is 0 Å². The van der Waals surface area contributed by atoms with E-state index < -0.39 is 6.10 Å². The maximum atomic E-state index is 11.4. The van der Waals surface area contributed by atoms with Gasteiger partial charge in [0.05, 0.1) is 12.3 Å². The molecule has 0 radical (unpaired) electrons. The van der Waals surface area contributed by atoms with Crippen molar-refractivity contribution in [3.05, 3.63) is 24.0 Å². The molecule has 4 nitrogen and oxygen atoms in total. The third-order valence-electron chi connectivity index (χ3n) is 1.75. The second-order valence-corrected chi connectivity index (χ2v) is 3.62. The van der Waals surface area contributed by atoms with Crippen molar-refractivity contribution in [2.75, 3.05) is 0 Å². The molecule has 0 aliphatic carbocycles. The molecule has 82 valence electrons. The highest BCUT2D eigenvalue weighted by atomic mass is 16.5.